The number of carbonyl (C=O) groups excluding carboxylic acids is 3. The summed E-state index contributed by atoms with van der Waals surface area (Å²) in [6.07, 6.45) is 5.87. The van der Waals surface area contributed by atoms with Crippen molar-refractivity contribution in [3.63, 3.8) is 0 Å². The number of aldehydes is 1. The second-order valence-electron chi connectivity index (χ2n) is 8.26. The van der Waals surface area contributed by atoms with Gasteiger partial charge in [0.2, 0.25) is 5.91 Å². The smallest absolute Gasteiger partial charge is 0.255 e. The van der Waals surface area contributed by atoms with E-state index in [0.717, 1.165) is 36.8 Å². The normalized spacial score (nSPS) is 15.3. The van der Waals surface area contributed by atoms with Crippen LogP contribution in [0.15, 0.2) is 36.4 Å². The number of halogens is 1. The third-order valence-corrected chi connectivity index (χ3v) is 6.23. The van der Waals surface area contributed by atoms with Crippen LogP contribution in [0.2, 0.25) is 5.02 Å². The maximum Gasteiger partial charge on any atom is 0.255 e. The summed E-state index contributed by atoms with van der Waals surface area (Å²) in [4.78, 5) is 36.5. The standard InChI is InChI=1S/C24H27ClN2O3/c1-16-6-7-17(14-26-23(30)24(2)10-4-3-5-11-24)12-20(16)22(29)27-19-8-9-21(25)18(13-19)15-28/h6-9,12-13,15H,3-5,10-11,14H2,1-2H3,(H,26,30)(H,27,29). The van der Waals surface area contributed by atoms with Gasteiger partial charge < -0.3 is 10.6 Å². The molecule has 2 aromatic carbocycles. The molecule has 0 radical (unpaired) electrons. The van der Waals surface area contributed by atoms with E-state index < -0.39 is 0 Å². The molecule has 1 saturated carbocycles. The van der Waals surface area contributed by atoms with Crippen LogP contribution in [-0.2, 0) is 11.3 Å². The van der Waals surface area contributed by atoms with E-state index in [1.165, 1.54) is 12.5 Å². The Bertz CT molecular complexity index is 965. The minimum absolute atomic E-state index is 0.0799. The van der Waals surface area contributed by atoms with Gasteiger partial charge in [-0.05, 0) is 55.2 Å². The van der Waals surface area contributed by atoms with Gasteiger partial charge in [0.25, 0.3) is 5.91 Å². The first-order valence-electron chi connectivity index (χ1n) is 10.3. The monoisotopic (exact) mass is 426 g/mol. The third-order valence-electron chi connectivity index (χ3n) is 5.89. The van der Waals surface area contributed by atoms with Crippen molar-refractivity contribution in [2.45, 2.75) is 52.5 Å². The van der Waals surface area contributed by atoms with Gasteiger partial charge in [-0.1, -0.05) is 49.9 Å². The highest BCUT2D eigenvalue weighted by molar-refractivity contribution is 6.33. The number of benzene rings is 2. The molecule has 1 aliphatic carbocycles. The van der Waals surface area contributed by atoms with Crippen molar-refractivity contribution in [1.29, 1.82) is 0 Å². The summed E-state index contributed by atoms with van der Waals surface area (Å²) in [5.74, 6) is -0.199. The molecular formula is C24H27ClN2O3. The molecule has 2 aromatic rings. The van der Waals surface area contributed by atoms with E-state index in [1.54, 1.807) is 18.2 Å². The van der Waals surface area contributed by atoms with Gasteiger partial charge in [0.1, 0.15) is 0 Å². The molecule has 30 heavy (non-hydrogen) atoms. The number of nitrogens with one attached hydrogen (secondary N) is 2. The number of aryl methyl sites for hydroxylation is 1. The van der Waals surface area contributed by atoms with Crippen LogP contribution in [-0.4, -0.2) is 18.1 Å². The van der Waals surface area contributed by atoms with E-state index in [0.29, 0.717) is 34.7 Å². The van der Waals surface area contributed by atoms with E-state index in [4.69, 9.17) is 11.6 Å². The zero-order valence-electron chi connectivity index (χ0n) is 17.4. The average molecular weight is 427 g/mol. The third kappa shape index (κ3) is 5.08. The van der Waals surface area contributed by atoms with E-state index >= 15 is 0 Å². The van der Waals surface area contributed by atoms with Crippen LogP contribution in [0, 0.1) is 12.3 Å². The summed E-state index contributed by atoms with van der Waals surface area (Å²) in [6, 6.07) is 10.4. The Morgan fingerprint density at radius 3 is 2.53 bits per heavy atom. The molecule has 0 atom stereocenters. The van der Waals surface area contributed by atoms with E-state index in [2.05, 4.69) is 10.6 Å². The van der Waals surface area contributed by atoms with Gasteiger partial charge in [-0.2, -0.15) is 0 Å². The topological polar surface area (TPSA) is 75.3 Å². The summed E-state index contributed by atoms with van der Waals surface area (Å²) >= 11 is 5.94. The Morgan fingerprint density at radius 1 is 1.10 bits per heavy atom. The fraction of sp³-hybridized carbons (Fsp3) is 0.375. The Hall–Kier alpha value is -2.66. The van der Waals surface area contributed by atoms with E-state index in [-0.39, 0.29) is 17.2 Å². The van der Waals surface area contributed by atoms with Crippen LogP contribution in [0.25, 0.3) is 0 Å². The lowest BCUT2D eigenvalue weighted by Crippen LogP contribution is -2.39. The lowest BCUT2D eigenvalue weighted by atomic mass is 9.75. The molecule has 0 heterocycles. The number of rotatable bonds is 6. The van der Waals surface area contributed by atoms with Crippen molar-refractivity contribution in [3.05, 3.63) is 63.7 Å². The minimum Gasteiger partial charge on any atom is -0.352 e. The van der Waals surface area contributed by atoms with Crippen LogP contribution >= 0.6 is 11.6 Å². The number of carbonyl (C=O) groups is 3. The molecular weight excluding hydrogens is 400 g/mol. The van der Waals surface area contributed by atoms with Gasteiger partial charge in [0.05, 0.1) is 5.02 Å². The SMILES string of the molecule is Cc1ccc(CNC(=O)C2(C)CCCCC2)cc1C(=O)Nc1ccc(Cl)c(C=O)c1. The van der Waals surface area contributed by atoms with Gasteiger partial charge in [-0.3, -0.25) is 14.4 Å². The summed E-state index contributed by atoms with van der Waals surface area (Å²) < 4.78 is 0. The molecule has 3 rings (SSSR count). The molecule has 2 N–H and O–H groups in total. The van der Waals surface area contributed by atoms with Gasteiger partial charge in [0.15, 0.2) is 6.29 Å². The molecule has 0 spiro atoms. The van der Waals surface area contributed by atoms with Crippen LogP contribution in [0.3, 0.4) is 0 Å². The van der Waals surface area contributed by atoms with Crippen LogP contribution in [0.1, 0.15) is 70.9 Å². The quantitative estimate of drug-likeness (QED) is 0.615. The Balaban J connectivity index is 1.69. The lowest BCUT2D eigenvalue weighted by molar-refractivity contribution is -0.132. The Labute approximate surface area is 182 Å². The maximum absolute atomic E-state index is 12.8. The summed E-state index contributed by atoms with van der Waals surface area (Å²) in [5, 5.41) is 6.19. The summed E-state index contributed by atoms with van der Waals surface area (Å²) in [7, 11) is 0. The van der Waals surface area contributed by atoms with E-state index in [1.807, 2.05) is 26.0 Å². The molecule has 1 fully saturated rings. The lowest BCUT2D eigenvalue weighted by Gasteiger charge is -2.32. The number of hydrogen-bond donors (Lipinski definition) is 2. The molecule has 1 aliphatic rings. The molecule has 2 amide bonds. The minimum atomic E-state index is -0.298. The Morgan fingerprint density at radius 2 is 1.83 bits per heavy atom. The molecule has 6 heteroatoms. The van der Waals surface area contributed by atoms with Gasteiger partial charge >= 0.3 is 0 Å². The number of anilines is 1. The first kappa shape index (κ1) is 22.0. The highest BCUT2D eigenvalue weighted by atomic mass is 35.5. The average Bonchev–Trinajstić information content (AvgIpc) is 2.74. The predicted molar refractivity (Wildman–Crippen MR) is 119 cm³/mol. The fourth-order valence-electron chi connectivity index (χ4n) is 3.89. The van der Waals surface area contributed by atoms with Crippen molar-refractivity contribution in [2.24, 2.45) is 5.41 Å². The van der Waals surface area contributed by atoms with Gasteiger partial charge in [0, 0.05) is 28.8 Å². The zero-order chi connectivity index (χ0) is 21.7. The highest BCUT2D eigenvalue weighted by Gasteiger charge is 2.34. The molecule has 0 bridgehead atoms. The molecule has 0 aliphatic heterocycles. The van der Waals surface area contributed by atoms with Crippen LogP contribution < -0.4 is 10.6 Å². The Kier molecular flexibility index (Phi) is 6.93. The molecule has 0 saturated heterocycles. The summed E-state index contributed by atoms with van der Waals surface area (Å²) in [5.41, 5.74) is 2.73. The van der Waals surface area contributed by atoms with Crippen molar-refractivity contribution < 1.29 is 14.4 Å². The zero-order valence-corrected chi connectivity index (χ0v) is 18.1. The summed E-state index contributed by atoms with van der Waals surface area (Å²) in [6.45, 7) is 4.28. The maximum atomic E-state index is 12.8. The second kappa shape index (κ2) is 9.43. The van der Waals surface area contributed by atoms with Crippen molar-refractivity contribution in [3.8, 4) is 0 Å². The van der Waals surface area contributed by atoms with Crippen molar-refractivity contribution in [1.82, 2.24) is 5.32 Å². The number of hydrogen-bond acceptors (Lipinski definition) is 3. The first-order valence-corrected chi connectivity index (χ1v) is 10.6. The second-order valence-corrected chi connectivity index (χ2v) is 8.67. The van der Waals surface area contributed by atoms with Crippen LogP contribution in [0.4, 0.5) is 5.69 Å². The van der Waals surface area contributed by atoms with E-state index in [9.17, 15) is 14.4 Å². The first-order chi connectivity index (χ1) is 14.3. The highest BCUT2D eigenvalue weighted by Crippen LogP contribution is 2.35. The van der Waals surface area contributed by atoms with Gasteiger partial charge in [-0.25, -0.2) is 0 Å². The molecule has 0 unspecified atom stereocenters. The fourth-order valence-corrected chi connectivity index (χ4v) is 4.05. The predicted octanol–water partition coefficient (Wildman–Crippen LogP) is 5.30. The van der Waals surface area contributed by atoms with Crippen molar-refractivity contribution >= 4 is 35.4 Å². The molecule has 0 aromatic heterocycles. The largest absolute Gasteiger partial charge is 0.352 e. The molecule has 5 nitrogen and oxygen atoms in total. The van der Waals surface area contributed by atoms with Crippen molar-refractivity contribution in [2.75, 3.05) is 5.32 Å². The van der Waals surface area contributed by atoms with Gasteiger partial charge in [-0.15, -0.1) is 0 Å². The number of amides is 2. The molecule has 158 valence electrons. The van der Waals surface area contributed by atoms with Crippen LogP contribution in [0.5, 0.6) is 0 Å².